The summed E-state index contributed by atoms with van der Waals surface area (Å²) in [7, 11) is 0. The second-order valence-corrected chi connectivity index (χ2v) is 7.90. The number of carboxylic acids is 1. The molecule has 30 heavy (non-hydrogen) atoms. The average Bonchev–Trinajstić information content (AvgIpc) is 3.17. The molecule has 3 atom stereocenters. The second-order valence-electron chi connectivity index (χ2n) is 7.47. The summed E-state index contributed by atoms with van der Waals surface area (Å²) in [6.07, 6.45) is 6.67. The highest BCUT2D eigenvalue weighted by Gasteiger charge is 2.34. The molecule has 2 heterocycles. The molecule has 1 fully saturated rings. The Morgan fingerprint density at radius 3 is 2.83 bits per heavy atom. The second kappa shape index (κ2) is 9.47. The molecule has 0 bridgehead atoms. The smallest absolute Gasteiger partial charge is 0.303 e. The number of fused-ring (bicyclic) bond motifs is 1. The Kier molecular flexibility index (Phi) is 6.53. The number of allylic oxidation sites excluding steroid dienone is 2. The Hall–Kier alpha value is -2.60. The molecule has 0 radical (unpaired) electrons. The molecular formula is C24H24ClNO4. The average molecular weight is 426 g/mol. The van der Waals surface area contributed by atoms with Gasteiger partial charge in [-0.3, -0.25) is 4.79 Å². The van der Waals surface area contributed by atoms with Gasteiger partial charge >= 0.3 is 5.97 Å². The minimum Gasteiger partial charge on any atom is -0.481 e. The van der Waals surface area contributed by atoms with Crippen LogP contribution in [0.15, 0.2) is 66.9 Å². The fourth-order valence-electron chi connectivity index (χ4n) is 3.84. The van der Waals surface area contributed by atoms with Gasteiger partial charge in [0.25, 0.3) is 0 Å². The van der Waals surface area contributed by atoms with Gasteiger partial charge < -0.3 is 19.6 Å². The van der Waals surface area contributed by atoms with Gasteiger partial charge in [0.2, 0.25) is 0 Å². The summed E-state index contributed by atoms with van der Waals surface area (Å²) < 4.78 is 12.6. The molecule has 156 valence electrons. The number of nitrogens with one attached hydrogen (secondary N) is 1. The van der Waals surface area contributed by atoms with E-state index in [0.29, 0.717) is 18.1 Å². The Balaban J connectivity index is 1.53. The van der Waals surface area contributed by atoms with E-state index in [2.05, 4.69) is 17.1 Å². The number of hydrogen-bond acceptors (Lipinski definition) is 3. The van der Waals surface area contributed by atoms with Gasteiger partial charge in [-0.25, -0.2) is 0 Å². The van der Waals surface area contributed by atoms with E-state index in [4.69, 9.17) is 26.2 Å². The SMILES string of the molecule is O=C(O)CC/C=C\CC1COC(c2c[nH]c3ccc(Cl)cc23)OC1c1ccccc1. The van der Waals surface area contributed by atoms with Crippen LogP contribution >= 0.6 is 11.6 Å². The molecule has 2 aromatic carbocycles. The van der Waals surface area contributed by atoms with Crippen LogP contribution in [0, 0.1) is 5.92 Å². The van der Waals surface area contributed by atoms with Gasteiger partial charge in [0.05, 0.1) is 12.7 Å². The number of halogens is 1. The zero-order valence-electron chi connectivity index (χ0n) is 16.5. The normalized spacial score (nSPS) is 22.0. The topological polar surface area (TPSA) is 71.5 Å². The van der Waals surface area contributed by atoms with Crippen LogP contribution in [-0.4, -0.2) is 22.7 Å². The van der Waals surface area contributed by atoms with Gasteiger partial charge in [0.15, 0.2) is 6.29 Å². The standard InChI is InChI=1S/C24H24ClNO4/c25-18-11-12-21-19(13-18)20(14-26-21)24-29-15-17(9-5-2-6-10-22(27)28)23(30-24)16-7-3-1-4-8-16/h1-5,7-8,11-14,17,23-24,26H,6,9-10,15H2,(H,27,28)/b5-2-. The van der Waals surface area contributed by atoms with Crippen molar-refractivity contribution in [2.24, 2.45) is 5.92 Å². The van der Waals surface area contributed by atoms with Crippen LogP contribution in [0.5, 0.6) is 0 Å². The third-order valence-corrected chi connectivity index (χ3v) is 5.58. The maximum absolute atomic E-state index is 10.7. The van der Waals surface area contributed by atoms with Crippen molar-refractivity contribution < 1.29 is 19.4 Å². The number of aromatic nitrogens is 1. The van der Waals surface area contributed by atoms with Gasteiger partial charge in [0, 0.05) is 40.0 Å². The summed E-state index contributed by atoms with van der Waals surface area (Å²) in [6.45, 7) is 0.542. The highest BCUT2D eigenvalue weighted by Crippen LogP contribution is 2.41. The first-order chi connectivity index (χ1) is 14.6. The minimum absolute atomic E-state index is 0.127. The molecule has 5 nitrogen and oxygen atoms in total. The Morgan fingerprint density at radius 2 is 2.03 bits per heavy atom. The van der Waals surface area contributed by atoms with Crippen LogP contribution in [0.2, 0.25) is 5.02 Å². The number of aromatic amines is 1. The lowest BCUT2D eigenvalue weighted by atomic mass is 9.92. The van der Waals surface area contributed by atoms with Crippen molar-refractivity contribution in [3.63, 3.8) is 0 Å². The molecule has 1 saturated heterocycles. The molecule has 0 spiro atoms. The molecule has 2 N–H and O–H groups in total. The van der Waals surface area contributed by atoms with E-state index < -0.39 is 12.3 Å². The first-order valence-corrected chi connectivity index (χ1v) is 10.4. The van der Waals surface area contributed by atoms with Crippen LogP contribution in [0.3, 0.4) is 0 Å². The quantitative estimate of drug-likeness (QED) is 0.453. The van der Waals surface area contributed by atoms with E-state index in [9.17, 15) is 4.79 Å². The molecule has 0 aliphatic carbocycles. The van der Waals surface area contributed by atoms with Gasteiger partial charge in [-0.2, -0.15) is 0 Å². The van der Waals surface area contributed by atoms with Crippen LogP contribution < -0.4 is 0 Å². The van der Waals surface area contributed by atoms with Crippen molar-refractivity contribution in [1.82, 2.24) is 4.98 Å². The van der Waals surface area contributed by atoms with Gasteiger partial charge in [-0.15, -0.1) is 0 Å². The molecule has 3 unspecified atom stereocenters. The number of ether oxygens (including phenoxy) is 2. The predicted octanol–water partition coefficient (Wildman–Crippen LogP) is 6.04. The highest BCUT2D eigenvalue weighted by atomic mass is 35.5. The molecule has 1 aliphatic rings. The number of benzene rings is 2. The zero-order valence-corrected chi connectivity index (χ0v) is 17.2. The Morgan fingerprint density at radius 1 is 1.20 bits per heavy atom. The number of carbonyl (C=O) groups is 1. The lowest BCUT2D eigenvalue weighted by Crippen LogP contribution is -2.30. The van der Waals surface area contributed by atoms with Gasteiger partial charge in [-0.05, 0) is 36.6 Å². The molecular weight excluding hydrogens is 402 g/mol. The predicted molar refractivity (Wildman–Crippen MR) is 116 cm³/mol. The number of H-pyrrole nitrogens is 1. The molecule has 3 aromatic rings. The van der Waals surface area contributed by atoms with Crippen molar-refractivity contribution in [1.29, 1.82) is 0 Å². The van der Waals surface area contributed by atoms with Crippen molar-refractivity contribution in [2.45, 2.75) is 31.7 Å². The monoisotopic (exact) mass is 425 g/mol. The van der Waals surface area contributed by atoms with Crippen molar-refractivity contribution >= 4 is 28.5 Å². The Labute approximate surface area is 180 Å². The summed E-state index contributed by atoms with van der Waals surface area (Å²) in [6, 6.07) is 15.9. The van der Waals surface area contributed by atoms with Crippen molar-refractivity contribution in [3.05, 3.63) is 83.0 Å². The van der Waals surface area contributed by atoms with Gasteiger partial charge in [-0.1, -0.05) is 54.1 Å². The number of rotatable bonds is 7. The summed E-state index contributed by atoms with van der Waals surface area (Å²) in [5.74, 6) is -0.647. The molecule has 0 amide bonds. The van der Waals surface area contributed by atoms with E-state index in [1.807, 2.05) is 54.7 Å². The van der Waals surface area contributed by atoms with Crippen molar-refractivity contribution in [3.8, 4) is 0 Å². The van der Waals surface area contributed by atoms with Crippen LogP contribution in [0.1, 0.15) is 42.8 Å². The number of aliphatic carboxylic acids is 1. The summed E-state index contributed by atoms with van der Waals surface area (Å²) in [5.41, 5.74) is 3.03. The summed E-state index contributed by atoms with van der Waals surface area (Å²) >= 11 is 6.20. The zero-order chi connectivity index (χ0) is 20.9. The molecule has 4 rings (SSSR count). The van der Waals surface area contributed by atoms with E-state index in [1.54, 1.807) is 0 Å². The number of carboxylic acid groups (broad SMARTS) is 1. The fraction of sp³-hybridized carbons (Fsp3) is 0.292. The highest BCUT2D eigenvalue weighted by molar-refractivity contribution is 6.31. The van der Waals surface area contributed by atoms with E-state index >= 15 is 0 Å². The van der Waals surface area contributed by atoms with E-state index in [-0.39, 0.29) is 18.4 Å². The minimum atomic E-state index is -0.784. The Bertz CT molecular complexity index is 1030. The molecule has 1 aromatic heterocycles. The van der Waals surface area contributed by atoms with Crippen molar-refractivity contribution in [2.75, 3.05) is 6.61 Å². The third kappa shape index (κ3) is 4.75. The first kappa shape index (κ1) is 20.7. The first-order valence-electron chi connectivity index (χ1n) is 10.1. The third-order valence-electron chi connectivity index (χ3n) is 5.35. The van der Waals surface area contributed by atoms with Crippen LogP contribution in [0.4, 0.5) is 0 Å². The van der Waals surface area contributed by atoms with E-state index in [0.717, 1.165) is 28.5 Å². The lowest BCUT2D eigenvalue weighted by molar-refractivity contribution is -0.243. The summed E-state index contributed by atoms with van der Waals surface area (Å²) in [5, 5.41) is 10.4. The fourth-order valence-corrected chi connectivity index (χ4v) is 4.01. The van der Waals surface area contributed by atoms with E-state index in [1.165, 1.54) is 0 Å². The molecule has 6 heteroatoms. The maximum atomic E-state index is 10.7. The molecule has 1 aliphatic heterocycles. The van der Waals surface area contributed by atoms with Gasteiger partial charge in [0.1, 0.15) is 0 Å². The maximum Gasteiger partial charge on any atom is 0.303 e. The number of hydrogen-bond donors (Lipinski definition) is 2. The summed E-state index contributed by atoms with van der Waals surface area (Å²) in [4.78, 5) is 13.9. The lowest BCUT2D eigenvalue weighted by Gasteiger charge is -2.36. The molecule has 0 saturated carbocycles. The van der Waals surface area contributed by atoms with Crippen LogP contribution in [-0.2, 0) is 14.3 Å². The largest absolute Gasteiger partial charge is 0.481 e. The van der Waals surface area contributed by atoms with Crippen LogP contribution in [0.25, 0.3) is 10.9 Å².